The molecule has 0 spiro atoms. The number of rotatable bonds is 5. The van der Waals surface area contributed by atoms with E-state index in [-0.39, 0.29) is 5.12 Å². The van der Waals surface area contributed by atoms with Crippen LogP contribution in [0.4, 0.5) is 4.79 Å². The third-order valence-electron chi connectivity index (χ3n) is 1.47. The number of carboxylic acid groups (broad SMARTS) is 1. The summed E-state index contributed by atoms with van der Waals surface area (Å²) >= 11 is 1.12. The number of urea groups is 1. The summed E-state index contributed by atoms with van der Waals surface area (Å²) in [5.41, 5.74) is 0. The summed E-state index contributed by atoms with van der Waals surface area (Å²) in [6.45, 7) is 1.45. The average Bonchev–Trinajstić information content (AvgIpc) is 2.13. The summed E-state index contributed by atoms with van der Waals surface area (Å²) in [4.78, 5) is 33.2. The van der Waals surface area contributed by atoms with Crippen LogP contribution in [0, 0.1) is 0 Å². The van der Waals surface area contributed by atoms with Gasteiger partial charge in [0.05, 0.1) is 0 Å². The van der Waals surface area contributed by atoms with Gasteiger partial charge in [-0.15, -0.1) is 0 Å². The van der Waals surface area contributed by atoms with Crippen LogP contribution >= 0.6 is 11.8 Å². The number of carboxylic acids is 1. The van der Waals surface area contributed by atoms with Crippen molar-refractivity contribution in [3.63, 3.8) is 0 Å². The maximum absolute atomic E-state index is 11.2. The van der Waals surface area contributed by atoms with Crippen molar-refractivity contribution >= 4 is 28.9 Å². The molecule has 6 nitrogen and oxygen atoms in total. The van der Waals surface area contributed by atoms with E-state index >= 15 is 0 Å². The van der Waals surface area contributed by atoms with E-state index in [2.05, 4.69) is 5.32 Å². The molecule has 86 valence electrons. The number of hydrogen-bond acceptors (Lipinski definition) is 4. The van der Waals surface area contributed by atoms with Crippen LogP contribution in [0.15, 0.2) is 0 Å². The van der Waals surface area contributed by atoms with Crippen molar-refractivity contribution in [3.8, 4) is 0 Å². The Hall–Kier alpha value is -1.24. The molecule has 0 bridgehead atoms. The second kappa shape index (κ2) is 7.10. The highest BCUT2D eigenvalue weighted by atomic mass is 32.2. The number of carbonyl (C=O) groups is 3. The van der Waals surface area contributed by atoms with Gasteiger partial charge in [0, 0.05) is 26.3 Å². The molecular formula is C8H14N2O4S. The molecule has 0 aromatic rings. The largest absolute Gasteiger partial charge is 0.480 e. The lowest BCUT2D eigenvalue weighted by molar-refractivity contribution is -0.135. The molecule has 0 aliphatic rings. The molecule has 2 amide bonds. The summed E-state index contributed by atoms with van der Waals surface area (Å²) < 4.78 is 0. The van der Waals surface area contributed by atoms with Crippen LogP contribution in [-0.4, -0.2) is 53.0 Å². The summed E-state index contributed by atoms with van der Waals surface area (Å²) in [7, 11) is 1.54. The number of thioether (sulfide) groups is 1. The van der Waals surface area contributed by atoms with E-state index in [1.165, 1.54) is 18.9 Å². The van der Waals surface area contributed by atoms with Crippen molar-refractivity contribution in [2.45, 2.75) is 6.92 Å². The minimum atomic E-state index is -1.09. The number of hydrogen-bond donors (Lipinski definition) is 2. The van der Waals surface area contributed by atoms with Gasteiger partial charge in [-0.05, 0) is 0 Å². The molecule has 0 atom stereocenters. The fourth-order valence-corrected chi connectivity index (χ4v) is 1.37. The first-order valence-corrected chi connectivity index (χ1v) is 5.26. The predicted molar refractivity (Wildman–Crippen MR) is 56.8 cm³/mol. The molecule has 0 heterocycles. The molecule has 0 saturated heterocycles. The van der Waals surface area contributed by atoms with Gasteiger partial charge in [-0.2, -0.15) is 0 Å². The van der Waals surface area contributed by atoms with Gasteiger partial charge in [-0.25, -0.2) is 4.79 Å². The van der Waals surface area contributed by atoms with Crippen LogP contribution in [-0.2, 0) is 9.59 Å². The maximum Gasteiger partial charge on any atom is 0.323 e. The fourth-order valence-electron chi connectivity index (χ4n) is 0.714. The monoisotopic (exact) mass is 234 g/mol. The zero-order chi connectivity index (χ0) is 11.8. The van der Waals surface area contributed by atoms with Gasteiger partial charge in [-0.1, -0.05) is 11.8 Å². The molecule has 0 aromatic carbocycles. The van der Waals surface area contributed by atoms with Gasteiger partial charge in [0.2, 0.25) is 0 Å². The zero-order valence-electron chi connectivity index (χ0n) is 8.65. The lowest BCUT2D eigenvalue weighted by Gasteiger charge is -2.16. The van der Waals surface area contributed by atoms with Crippen LogP contribution < -0.4 is 5.32 Å². The van der Waals surface area contributed by atoms with Crippen LogP contribution in [0.3, 0.4) is 0 Å². The molecule has 0 aliphatic heterocycles. The highest BCUT2D eigenvalue weighted by molar-refractivity contribution is 8.13. The Morgan fingerprint density at radius 3 is 2.47 bits per heavy atom. The van der Waals surface area contributed by atoms with Crippen molar-refractivity contribution in [2.24, 2.45) is 0 Å². The number of aliphatic carboxylic acids is 1. The van der Waals surface area contributed by atoms with E-state index in [1.54, 1.807) is 0 Å². The summed E-state index contributed by atoms with van der Waals surface area (Å²) in [6.07, 6.45) is 0. The van der Waals surface area contributed by atoms with Gasteiger partial charge in [0.15, 0.2) is 5.12 Å². The van der Waals surface area contributed by atoms with Gasteiger partial charge < -0.3 is 15.3 Å². The molecular weight excluding hydrogens is 220 g/mol. The highest BCUT2D eigenvalue weighted by Crippen LogP contribution is 2.00. The van der Waals surface area contributed by atoms with Crippen LogP contribution in [0.2, 0.25) is 0 Å². The summed E-state index contributed by atoms with van der Waals surface area (Å²) in [5, 5.41) is 10.5. The maximum atomic E-state index is 11.2. The third-order valence-corrected chi connectivity index (χ3v) is 2.26. The lowest BCUT2D eigenvalue weighted by atomic mass is 10.6. The number of carbonyl (C=O) groups excluding carboxylic acids is 2. The van der Waals surface area contributed by atoms with Crippen LogP contribution in [0.1, 0.15) is 6.92 Å². The van der Waals surface area contributed by atoms with Gasteiger partial charge in [0.1, 0.15) is 6.54 Å². The first-order chi connectivity index (χ1) is 6.93. The van der Waals surface area contributed by atoms with E-state index in [0.29, 0.717) is 12.3 Å². The van der Waals surface area contributed by atoms with Crippen LogP contribution in [0.5, 0.6) is 0 Å². The van der Waals surface area contributed by atoms with Crippen molar-refractivity contribution in [2.75, 3.05) is 25.9 Å². The summed E-state index contributed by atoms with van der Waals surface area (Å²) in [5.74, 6) is -0.582. The normalized spacial score (nSPS) is 9.47. The molecule has 0 fully saturated rings. The van der Waals surface area contributed by atoms with Crippen molar-refractivity contribution < 1.29 is 19.5 Å². The van der Waals surface area contributed by atoms with Crippen molar-refractivity contribution in [1.82, 2.24) is 10.2 Å². The van der Waals surface area contributed by atoms with E-state index in [1.807, 2.05) is 0 Å². The average molecular weight is 234 g/mol. The molecule has 0 aromatic heterocycles. The SMILES string of the molecule is CC(=O)SCCN(C)C(=O)NCC(=O)O. The predicted octanol–water partition coefficient (Wildman–Crippen LogP) is -0.00790. The fraction of sp³-hybridized carbons (Fsp3) is 0.625. The molecule has 0 radical (unpaired) electrons. The van der Waals surface area contributed by atoms with Gasteiger partial charge in [-0.3, -0.25) is 9.59 Å². The van der Waals surface area contributed by atoms with Gasteiger partial charge >= 0.3 is 12.0 Å². The van der Waals surface area contributed by atoms with E-state index in [9.17, 15) is 14.4 Å². The Kier molecular flexibility index (Phi) is 6.52. The second-order valence-electron chi connectivity index (χ2n) is 2.81. The molecule has 0 aliphatic carbocycles. The second-order valence-corrected chi connectivity index (χ2v) is 4.09. The van der Waals surface area contributed by atoms with E-state index in [0.717, 1.165) is 11.8 Å². The Bertz CT molecular complexity index is 257. The standard InChI is InChI=1S/C8H14N2O4S/c1-6(11)15-4-3-10(2)8(14)9-5-7(12)13/h3-5H2,1-2H3,(H,9,14)(H,12,13). The Labute approximate surface area is 92.0 Å². The smallest absolute Gasteiger partial charge is 0.323 e. The minimum absolute atomic E-state index is 0.00524. The Morgan fingerprint density at radius 1 is 1.40 bits per heavy atom. The quantitative estimate of drug-likeness (QED) is 0.698. The number of nitrogens with zero attached hydrogens (tertiary/aromatic N) is 1. The Balaban J connectivity index is 3.69. The molecule has 2 N–H and O–H groups in total. The first kappa shape index (κ1) is 13.8. The molecule has 7 heteroatoms. The lowest BCUT2D eigenvalue weighted by Crippen LogP contribution is -2.40. The molecule has 15 heavy (non-hydrogen) atoms. The van der Waals surface area contributed by atoms with Crippen molar-refractivity contribution in [1.29, 1.82) is 0 Å². The van der Waals surface area contributed by atoms with E-state index in [4.69, 9.17) is 5.11 Å². The summed E-state index contributed by atoms with van der Waals surface area (Å²) in [6, 6.07) is -0.457. The topological polar surface area (TPSA) is 86.7 Å². The van der Waals surface area contributed by atoms with E-state index < -0.39 is 18.5 Å². The zero-order valence-corrected chi connectivity index (χ0v) is 9.47. The molecule has 0 rings (SSSR count). The molecule has 0 saturated carbocycles. The number of amides is 2. The van der Waals surface area contributed by atoms with Crippen LogP contribution in [0.25, 0.3) is 0 Å². The van der Waals surface area contributed by atoms with Gasteiger partial charge in [0.25, 0.3) is 0 Å². The molecule has 0 unspecified atom stereocenters. The first-order valence-electron chi connectivity index (χ1n) is 4.27. The highest BCUT2D eigenvalue weighted by Gasteiger charge is 2.09. The Morgan fingerprint density at radius 2 is 2.00 bits per heavy atom. The third kappa shape index (κ3) is 7.80. The van der Waals surface area contributed by atoms with Crippen molar-refractivity contribution in [3.05, 3.63) is 0 Å². The minimum Gasteiger partial charge on any atom is -0.480 e. The number of nitrogens with one attached hydrogen (secondary N) is 1.